The van der Waals surface area contributed by atoms with Crippen molar-refractivity contribution in [3.63, 3.8) is 0 Å². The highest BCUT2D eigenvalue weighted by Crippen LogP contribution is 2.42. The molecule has 6 heteroatoms. The first-order valence-corrected chi connectivity index (χ1v) is 10.1. The predicted molar refractivity (Wildman–Crippen MR) is 114 cm³/mol. The lowest BCUT2D eigenvalue weighted by molar-refractivity contribution is -0.0222. The van der Waals surface area contributed by atoms with Gasteiger partial charge in [0.1, 0.15) is 17.4 Å². The molecule has 0 spiro atoms. The molecule has 2 heterocycles. The number of benzene rings is 3. The number of aliphatic hydroxyl groups excluding tert-OH is 2. The smallest absolute Gasteiger partial charge is 0.344 e. The number of hydrogen-bond donors (Lipinski definition) is 3. The molecule has 1 aliphatic heterocycles. The number of phenolic OH excluding ortho intramolecular Hbond substituents is 1. The average Bonchev–Trinajstić information content (AvgIpc) is 3.14. The maximum atomic E-state index is 12.8. The molecule has 0 aliphatic carbocycles. The Morgan fingerprint density at radius 2 is 1.80 bits per heavy atom. The summed E-state index contributed by atoms with van der Waals surface area (Å²) in [5.41, 5.74) is 1.70. The van der Waals surface area contributed by atoms with Crippen LogP contribution in [0.2, 0.25) is 0 Å². The molecule has 0 amide bonds. The first-order chi connectivity index (χ1) is 14.5. The third-order valence-electron chi connectivity index (χ3n) is 6.09. The molecule has 3 N–H and O–H groups in total. The standard InChI is InChI=1S/C24H22O6/c1-2-12-3-4-13-14-5-6-15-18(26)8-7-16(20-10-19(27)21(11-25)29-20)22(15)23(14)30-24(28)17(13)9-12/h3-9,19-21,25-27H,2,10-11H2,1H3/t19-,20+,21+/m0/s1. The van der Waals surface area contributed by atoms with Gasteiger partial charge in [0.05, 0.1) is 24.2 Å². The van der Waals surface area contributed by atoms with Crippen LogP contribution >= 0.6 is 0 Å². The maximum absolute atomic E-state index is 12.8. The van der Waals surface area contributed by atoms with E-state index < -0.39 is 23.9 Å². The topological polar surface area (TPSA) is 100 Å². The van der Waals surface area contributed by atoms with E-state index in [0.717, 1.165) is 22.8 Å². The Kier molecular flexibility index (Phi) is 4.50. The lowest BCUT2D eigenvalue weighted by Gasteiger charge is -2.17. The van der Waals surface area contributed by atoms with Crippen LogP contribution in [0, 0.1) is 0 Å². The maximum Gasteiger partial charge on any atom is 0.344 e. The van der Waals surface area contributed by atoms with Crippen LogP contribution in [-0.4, -0.2) is 34.1 Å². The number of aromatic hydroxyl groups is 1. The Morgan fingerprint density at radius 1 is 1.03 bits per heavy atom. The molecule has 0 unspecified atom stereocenters. The molecular formula is C24H22O6. The van der Waals surface area contributed by atoms with Gasteiger partial charge in [0.25, 0.3) is 0 Å². The molecule has 1 saturated heterocycles. The van der Waals surface area contributed by atoms with Crippen molar-refractivity contribution in [3.8, 4) is 5.75 Å². The summed E-state index contributed by atoms with van der Waals surface area (Å²) in [6, 6.07) is 12.7. The molecule has 4 aromatic rings. The second-order valence-electron chi connectivity index (χ2n) is 7.81. The van der Waals surface area contributed by atoms with Crippen LogP contribution in [0.4, 0.5) is 0 Å². The Labute approximate surface area is 171 Å². The monoisotopic (exact) mass is 406 g/mol. The molecule has 1 aromatic heterocycles. The number of hydrogen-bond acceptors (Lipinski definition) is 6. The van der Waals surface area contributed by atoms with Crippen LogP contribution in [0.1, 0.15) is 30.6 Å². The molecule has 1 fully saturated rings. The summed E-state index contributed by atoms with van der Waals surface area (Å²) in [4.78, 5) is 12.8. The van der Waals surface area contributed by atoms with E-state index >= 15 is 0 Å². The first-order valence-electron chi connectivity index (χ1n) is 10.1. The van der Waals surface area contributed by atoms with Crippen LogP contribution in [-0.2, 0) is 11.2 Å². The van der Waals surface area contributed by atoms with Crippen molar-refractivity contribution < 1.29 is 24.5 Å². The van der Waals surface area contributed by atoms with Gasteiger partial charge in [0.15, 0.2) is 0 Å². The van der Waals surface area contributed by atoms with Crippen LogP contribution < -0.4 is 5.63 Å². The van der Waals surface area contributed by atoms with Crippen molar-refractivity contribution in [2.45, 2.75) is 38.1 Å². The molecule has 3 aromatic carbocycles. The summed E-state index contributed by atoms with van der Waals surface area (Å²) in [5, 5.41) is 33.3. The molecule has 1 aliphatic rings. The second kappa shape index (κ2) is 7.09. The zero-order chi connectivity index (χ0) is 21.0. The second-order valence-corrected chi connectivity index (χ2v) is 7.81. The highest BCUT2D eigenvalue weighted by Gasteiger charge is 2.35. The summed E-state index contributed by atoms with van der Waals surface area (Å²) in [6.07, 6.45) is -0.835. The molecule has 0 radical (unpaired) electrons. The largest absolute Gasteiger partial charge is 0.507 e. The van der Waals surface area contributed by atoms with Gasteiger partial charge in [-0.15, -0.1) is 0 Å². The van der Waals surface area contributed by atoms with E-state index in [-0.39, 0.29) is 12.4 Å². The van der Waals surface area contributed by atoms with Crippen molar-refractivity contribution in [1.82, 2.24) is 0 Å². The minimum atomic E-state index is -0.792. The van der Waals surface area contributed by atoms with E-state index in [0.29, 0.717) is 33.7 Å². The van der Waals surface area contributed by atoms with Gasteiger partial charge in [-0.1, -0.05) is 25.1 Å². The number of phenols is 1. The minimum Gasteiger partial charge on any atom is -0.507 e. The Morgan fingerprint density at radius 3 is 2.53 bits per heavy atom. The van der Waals surface area contributed by atoms with Gasteiger partial charge in [0.2, 0.25) is 0 Å². The van der Waals surface area contributed by atoms with Crippen molar-refractivity contribution in [2.24, 2.45) is 0 Å². The van der Waals surface area contributed by atoms with E-state index in [9.17, 15) is 20.1 Å². The van der Waals surface area contributed by atoms with Crippen molar-refractivity contribution in [2.75, 3.05) is 6.61 Å². The fourth-order valence-electron chi connectivity index (χ4n) is 4.47. The van der Waals surface area contributed by atoms with Gasteiger partial charge in [-0.3, -0.25) is 0 Å². The molecule has 30 heavy (non-hydrogen) atoms. The Hall–Kier alpha value is -2.93. The SMILES string of the molecule is CCc1ccc2c(c1)c(=O)oc1c2ccc2c(O)ccc([C@H]3C[C@H](O)[C@@H](CO)O3)c21. The number of fused-ring (bicyclic) bond motifs is 5. The quantitative estimate of drug-likeness (QED) is 0.355. The molecule has 0 bridgehead atoms. The number of ether oxygens (including phenoxy) is 1. The summed E-state index contributed by atoms with van der Waals surface area (Å²) in [7, 11) is 0. The zero-order valence-electron chi connectivity index (χ0n) is 16.5. The fourth-order valence-corrected chi connectivity index (χ4v) is 4.47. The summed E-state index contributed by atoms with van der Waals surface area (Å²) < 4.78 is 11.6. The Balaban J connectivity index is 1.84. The molecule has 5 rings (SSSR count). The van der Waals surface area contributed by atoms with Crippen molar-refractivity contribution in [1.29, 1.82) is 0 Å². The fraction of sp³-hybridized carbons (Fsp3) is 0.292. The van der Waals surface area contributed by atoms with Crippen molar-refractivity contribution >= 4 is 32.5 Å². The van der Waals surface area contributed by atoms with E-state index in [4.69, 9.17) is 9.15 Å². The molecule has 0 saturated carbocycles. The first kappa shape index (κ1) is 19.1. The molecule has 6 nitrogen and oxygen atoms in total. The van der Waals surface area contributed by atoms with Gasteiger partial charge in [-0.05, 0) is 47.2 Å². The van der Waals surface area contributed by atoms with Crippen LogP contribution in [0.25, 0.3) is 32.5 Å². The van der Waals surface area contributed by atoms with Gasteiger partial charge in [-0.25, -0.2) is 4.79 Å². The third kappa shape index (κ3) is 2.80. The summed E-state index contributed by atoms with van der Waals surface area (Å²) >= 11 is 0. The van der Waals surface area contributed by atoms with E-state index in [1.807, 2.05) is 31.2 Å². The lowest BCUT2D eigenvalue weighted by atomic mass is 9.94. The normalized spacial score (nSPS) is 21.8. The lowest BCUT2D eigenvalue weighted by Crippen LogP contribution is -2.24. The van der Waals surface area contributed by atoms with E-state index in [1.165, 1.54) is 0 Å². The number of rotatable bonds is 3. The van der Waals surface area contributed by atoms with E-state index in [2.05, 4.69) is 0 Å². The van der Waals surface area contributed by atoms with Crippen molar-refractivity contribution in [3.05, 3.63) is 64.0 Å². The number of aliphatic hydroxyl groups is 2. The van der Waals surface area contributed by atoms with Crippen LogP contribution in [0.15, 0.2) is 51.7 Å². The number of aryl methyl sites for hydroxylation is 1. The third-order valence-corrected chi connectivity index (χ3v) is 6.09. The van der Waals surface area contributed by atoms with E-state index in [1.54, 1.807) is 18.2 Å². The molecule has 154 valence electrons. The van der Waals surface area contributed by atoms with Crippen LogP contribution in [0.3, 0.4) is 0 Å². The van der Waals surface area contributed by atoms with Gasteiger partial charge in [-0.2, -0.15) is 0 Å². The van der Waals surface area contributed by atoms with Gasteiger partial charge < -0.3 is 24.5 Å². The average molecular weight is 406 g/mol. The molecule has 3 atom stereocenters. The Bertz CT molecular complexity index is 1340. The highest BCUT2D eigenvalue weighted by atomic mass is 16.5. The summed E-state index contributed by atoms with van der Waals surface area (Å²) in [5.74, 6) is 0.0666. The summed E-state index contributed by atoms with van der Waals surface area (Å²) in [6.45, 7) is 1.75. The molecular weight excluding hydrogens is 384 g/mol. The van der Waals surface area contributed by atoms with Gasteiger partial charge in [0, 0.05) is 22.6 Å². The predicted octanol–water partition coefficient (Wildman–Crippen LogP) is 3.55. The zero-order valence-corrected chi connectivity index (χ0v) is 16.5. The minimum absolute atomic E-state index is 0.0666. The highest BCUT2D eigenvalue weighted by molar-refractivity contribution is 6.16. The van der Waals surface area contributed by atoms with Gasteiger partial charge >= 0.3 is 5.63 Å². The van der Waals surface area contributed by atoms with Crippen LogP contribution in [0.5, 0.6) is 5.75 Å².